The van der Waals surface area contributed by atoms with Crippen LogP contribution in [0.15, 0.2) is 12.4 Å². The van der Waals surface area contributed by atoms with Gasteiger partial charge in [0.05, 0.1) is 12.5 Å². The molecule has 2 atom stereocenters. The second kappa shape index (κ2) is 5.93. The summed E-state index contributed by atoms with van der Waals surface area (Å²) in [7, 11) is 0. The van der Waals surface area contributed by atoms with Crippen LogP contribution in [0.1, 0.15) is 38.1 Å². The van der Waals surface area contributed by atoms with E-state index in [0.29, 0.717) is 19.8 Å². The van der Waals surface area contributed by atoms with Crippen LogP contribution in [0.3, 0.4) is 0 Å². The predicted octanol–water partition coefficient (Wildman–Crippen LogP) is 1.53. The van der Waals surface area contributed by atoms with Gasteiger partial charge in [0, 0.05) is 32.1 Å². The lowest BCUT2D eigenvalue weighted by atomic mass is 9.99. The number of rotatable bonds is 3. The number of hydrogen-bond donors (Lipinski definition) is 0. The summed E-state index contributed by atoms with van der Waals surface area (Å²) in [6, 6.07) is 0. The fraction of sp³-hybridized carbons (Fsp3) is 0.714. The van der Waals surface area contributed by atoms with E-state index in [1.165, 1.54) is 5.06 Å². The van der Waals surface area contributed by atoms with E-state index in [1.54, 1.807) is 6.20 Å². The first kappa shape index (κ1) is 13.6. The molecule has 6 heteroatoms. The van der Waals surface area contributed by atoms with Crippen molar-refractivity contribution in [3.63, 3.8) is 0 Å². The van der Waals surface area contributed by atoms with Gasteiger partial charge in [-0.05, 0) is 26.2 Å². The molecule has 3 rings (SSSR count). The molecule has 20 heavy (non-hydrogen) atoms. The molecule has 0 unspecified atom stereocenters. The Labute approximate surface area is 118 Å². The number of nitrogens with zero attached hydrogens (tertiary/aromatic N) is 3. The summed E-state index contributed by atoms with van der Waals surface area (Å²) in [5, 5.41) is 1.52. The van der Waals surface area contributed by atoms with Crippen LogP contribution in [-0.2, 0) is 20.9 Å². The normalized spacial score (nSPS) is 26.9. The van der Waals surface area contributed by atoms with Crippen LogP contribution in [-0.4, -0.2) is 40.3 Å². The van der Waals surface area contributed by atoms with Crippen molar-refractivity contribution in [3.05, 3.63) is 18.2 Å². The number of hydrogen-bond acceptors (Lipinski definition) is 4. The van der Waals surface area contributed by atoms with Gasteiger partial charge in [0.15, 0.2) is 0 Å². The number of carbonyl (C=O) groups is 1. The van der Waals surface area contributed by atoms with Gasteiger partial charge in [0.25, 0.3) is 5.91 Å². The van der Waals surface area contributed by atoms with Crippen molar-refractivity contribution >= 4 is 5.91 Å². The molecule has 1 aromatic rings. The molecule has 0 aliphatic carbocycles. The van der Waals surface area contributed by atoms with E-state index >= 15 is 0 Å². The zero-order chi connectivity index (χ0) is 13.9. The fourth-order valence-corrected chi connectivity index (χ4v) is 2.90. The maximum Gasteiger partial charge on any atom is 0.252 e. The van der Waals surface area contributed by atoms with Gasteiger partial charge in [0.2, 0.25) is 0 Å². The summed E-state index contributed by atoms with van der Waals surface area (Å²) in [5.41, 5.74) is 0. The summed E-state index contributed by atoms with van der Waals surface area (Å²) in [5.74, 6) is 0.707. The SMILES string of the molecule is CCn1ccnc1[C@@H]1OCC[C@H]1C(=O)N1CCCCO1. The van der Waals surface area contributed by atoms with Gasteiger partial charge in [-0.3, -0.25) is 9.63 Å². The smallest absolute Gasteiger partial charge is 0.252 e. The number of carbonyl (C=O) groups excluding carboxylic acids is 1. The molecule has 2 aliphatic rings. The monoisotopic (exact) mass is 279 g/mol. The number of aryl methyl sites for hydroxylation is 1. The van der Waals surface area contributed by atoms with Gasteiger partial charge in [-0.1, -0.05) is 0 Å². The average molecular weight is 279 g/mol. The van der Waals surface area contributed by atoms with Gasteiger partial charge in [0.1, 0.15) is 11.9 Å². The summed E-state index contributed by atoms with van der Waals surface area (Å²) in [6.07, 6.45) is 6.21. The molecule has 2 saturated heterocycles. The minimum absolute atomic E-state index is 0.0397. The van der Waals surface area contributed by atoms with Crippen LogP contribution >= 0.6 is 0 Å². The summed E-state index contributed by atoms with van der Waals surface area (Å²) >= 11 is 0. The van der Waals surface area contributed by atoms with Crippen molar-refractivity contribution in [2.75, 3.05) is 19.8 Å². The van der Waals surface area contributed by atoms with E-state index in [0.717, 1.165) is 31.6 Å². The lowest BCUT2D eigenvalue weighted by Crippen LogP contribution is -2.40. The predicted molar refractivity (Wildman–Crippen MR) is 71.6 cm³/mol. The Morgan fingerprint density at radius 3 is 3.10 bits per heavy atom. The third-order valence-electron chi connectivity index (χ3n) is 4.00. The largest absolute Gasteiger partial charge is 0.369 e. The first-order chi connectivity index (χ1) is 9.81. The lowest BCUT2D eigenvalue weighted by molar-refractivity contribution is -0.202. The Hall–Kier alpha value is -1.40. The highest BCUT2D eigenvalue weighted by atomic mass is 16.7. The van der Waals surface area contributed by atoms with E-state index in [1.807, 2.05) is 10.8 Å². The van der Waals surface area contributed by atoms with E-state index in [-0.39, 0.29) is 17.9 Å². The summed E-state index contributed by atoms with van der Waals surface area (Å²) in [6.45, 7) is 4.81. The zero-order valence-electron chi connectivity index (χ0n) is 11.8. The molecule has 0 bridgehead atoms. The van der Waals surface area contributed by atoms with Crippen LogP contribution in [0.5, 0.6) is 0 Å². The van der Waals surface area contributed by atoms with Gasteiger partial charge >= 0.3 is 0 Å². The molecule has 0 aromatic carbocycles. The van der Waals surface area contributed by atoms with Gasteiger partial charge in [-0.2, -0.15) is 0 Å². The highest BCUT2D eigenvalue weighted by molar-refractivity contribution is 5.79. The van der Waals surface area contributed by atoms with E-state index in [9.17, 15) is 4.79 Å². The standard InChI is InChI=1S/C14H21N3O3/c1-2-16-8-6-15-13(16)12-11(5-10-19-12)14(18)17-7-3-4-9-20-17/h6,8,11-12H,2-5,7,9-10H2,1H3/t11-,12-/m1/s1. The maximum atomic E-state index is 12.6. The number of hydroxylamine groups is 2. The average Bonchev–Trinajstić information content (AvgIpc) is 3.15. The Bertz CT molecular complexity index is 468. The molecule has 0 spiro atoms. The van der Waals surface area contributed by atoms with Gasteiger partial charge in [-0.25, -0.2) is 10.0 Å². The van der Waals surface area contributed by atoms with E-state index in [2.05, 4.69) is 11.9 Å². The minimum Gasteiger partial charge on any atom is -0.369 e. The van der Waals surface area contributed by atoms with Crippen LogP contribution in [0.4, 0.5) is 0 Å². The summed E-state index contributed by atoms with van der Waals surface area (Å²) < 4.78 is 7.81. The van der Waals surface area contributed by atoms with Gasteiger partial charge < -0.3 is 9.30 Å². The van der Waals surface area contributed by atoms with Crippen LogP contribution in [0.2, 0.25) is 0 Å². The molecule has 6 nitrogen and oxygen atoms in total. The Morgan fingerprint density at radius 2 is 2.35 bits per heavy atom. The molecule has 3 heterocycles. The number of aromatic nitrogens is 2. The van der Waals surface area contributed by atoms with Crippen LogP contribution < -0.4 is 0 Å². The topological polar surface area (TPSA) is 56.6 Å². The molecule has 0 saturated carbocycles. The van der Waals surface area contributed by atoms with Gasteiger partial charge in [-0.15, -0.1) is 0 Å². The fourth-order valence-electron chi connectivity index (χ4n) is 2.90. The summed E-state index contributed by atoms with van der Waals surface area (Å²) in [4.78, 5) is 22.4. The third-order valence-corrected chi connectivity index (χ3v) is 4.00. The first-order valence-corrected chi connectivity index (χ1v) is 7.38. The van der Waals surface area contributed by atoms with E-state index < -0.39 is 0 Å². The zero-order valence-corrected chi connectivity index (χ0v) is 11.8. The second-order valence-corrected chi connectivity index (χ2v) is 5.24. The Balaban J connectivity index is 1.76. The lowest BCUT2D eigenvalue weighted by Gasteiger charge is -2.29. The molecule has 0 radical (unpaired) electrons. The van der Waals surface area contributed by atoms with Crippen molar-refractivity contribution in [1.82, 2.24) is 14.6 Å². The van der Waals surface area contributed by atoms with Crippen LogP contribution in [0, 0.1) is 5.92 Å². The molecular weight excluding hydrogens is 258 g/mol. The van der Waals surface area contributed by atoms with Crippen molar-refractivity contribution in [2.24, 2.45) is 5.92 Å². The molecule has 2 aliphatic heterocycles. The molecule has 1 amide bonds. The Morgan fingerprint density at radius 1 is 1.45 bits per heavy atom. The van der Waals surface area contributed by atoms with Crippen molar-refractivity contribution < 1.29 is 14.4 Å². The first-order valence-electron chi connectivity index (χ1n) is 7.38. The molecule has 110 valence electrons. The van der Waals surface area contributed by atoms with Crippen molar-refractivity contribution in [1.29, 1.82) is 0 Å². The van der Waals surface area contributed by atoms with Crippen molar-refractivity contribution in [3.8, 4) is 0 Å². The minimum atomic E-state index is -0.247. The highest BCUT2D eigenvalue weighted by Crippen LogP contribution is 2.35. The second-order valence-electron chi connectivity index (χ2n) is 5.24. The third kappa shape index (κ3) is 2.45. The van der Waals surface area contributed by atoms with Crippen LogP contribution in [0.25, 0.3) is 0 Å². The number of ether oxygens (including phenoxy) is 1. The highest BCUT2D eigenvalue weighted by Gasteiger charge is 2.40. The Kier molecular flexibility index (Phi) is 4.03. The maximum absolute atomic E-state index is 12.6. The molecular formula is C14H21N3O3. The number of amides is 1. The van der Waals surface area contributed by atoms with E-state index in [4.69, 9.17) is 9.57 Å². The molecule has 1 aromatic heterocycles. The molecule has 2 fully saturated rings. The van der Waals surface area contributed by atoms with Crippen molar-refractivity contribution in [2.45, 2.75) is 38.8 Å². The molecule has 0 N–H and O–H groups in total. The quantitative estimate of drug-likeness (QED) is 0.842. The number of imidazole rings is 1.